The van der Waals surface area contributed by atoms with E-state index >= 15 is 0 Å². The smallest absolute Gasteiger partial charge is 0.0709 e. The Morgan fingerprint density at radius 3 is 2.04 bits per heavy atom. The molecule has 0 spiro atoms. The fourth-order valence-corrected chi connectivity index (χ4v) is 7.05. The molecule has 0 saturated heterocycles. The zero-order valence-electron chi connectivity index (χ0n) is 25.3. The molecule has 0 bridgehead atoms. The Kier molecular flexibility index (Phi) is 6.24. The van der Waals surface area contributed by atoms with Crippen molar-refractivity contribution in [1.29, 1.82) is 0 Å². The molecule has 2 heteroatoms. The third kappa shape index (κ3) is 4.46. The molecule has 46 heavy (non-hydrogen) atoms. The Bertz CT molecular complexity index is 2430. The summed E-state index contributed by atoms with van der Waals surface area (Å²) >= 11 is 0. The second-order valence-corrected chi connectivity index (χ2v) is 12.0. The Hall–Kier alpha value is -5.99. The number of rotatable bonds is 4. The van der Waals surface area contributed by atoms with Gasteiger partial charge < -0.3 is 4.57 Å². The quantitative estimate of drug-likeness (QED) is 0.201. The first-order chi connectivity index (χ1) is 22.8. The second-order valence-electron chi connectivity index (χ2n) is 12.0. The Morgan fingerprint density at radius 1 is 0.457 bits per heavy atom. The number of hydrogen-bond donors (Lipinski definition) is 0. The Labute approximate surface area is 268 Å². The molecule has 0 aliphatic heterocycles. The van der Waals surface area contributed by atoms with Crippen LogP contribution in [0.5, 0.6) is 0 Å². The molecule has 216 valence electrons. The van der Waals surface area contributed by atoms with Gasteiger partial charge in [0, 0.05) is 28.4 Å². The topological polar surface area (TPSA) is 17.8 Å². The largest absolute Gasteiger partial charge is 0.309 e. The molecule has 0 atom stereocenters. The van der Waals surface area contributed by atoms with Crippen molar-refractivity contribution in [3.05, 3.63) is 181 Å². The average Bonchev–Trinajstić information content (AvgIpc) is 3.35. The zero-order chi connectivity index (χ0) is 30.5. The van der Waals surface area contributed by atoms with Gasteiger partial charge in [0.25, 0.3) is 0 Å². The van der Waals surface area contributed by atoms with Crippen LogP contribution < -0.4 is 0 Å². The minimum Gasteiger partial charge on any atom is -0.309 e. The van der Waals surface area contributed by atoms with Crippen LogP contribution in [0, 0.1) is 0 Å². The van der Waals surface area contributed by atoms with Gasteiger partial charge in [-0.25, -0.2) is 4.98 Å². The van der Waals surface area contributed by atoms with Crippen LogP contribution in [0.2, 0.25) is 0 Å². The van der Waals surface area contributed by atoms with E-state index in [2.05, 4.69) is 174 Å². The fraction of sp³-hybridized carbons (Fsp3) is 0.0227. The van der Waals surface area contributed by atoms with Crippen molar-refractivity contribution in [3.63, 3.8) is 0 Å². The molecule has 6 aromatic carbocycles. The third-order valence-corrected chi connectivity index (χ3v) is 9.22. The van der Waals surface area contributed by atoms with Crippen LogP contribution in [0.15, 0.2) is 164 Å². The molecule has 0 unspecified atom stereocenters. The van der Waals surface area contributed by atoms with E-state index in [9.17, 15) is 0 Å². The van der Waals surface area contributed by atoms with Crippen LogP contribution >= 0.6 is 0 Å². The van der Waals surface area contributed by atoms with E-state index in [4.69, 9.17) is 4.98 Å². The van der Waals surface area contributed by atoms with Crippen LogP contribution in [-0.4, -0.2) is 9.55 Å². The highest BCUT2D eigenvalue weighted by molar-refractivity contribution is 6.11. The van der Waals surface area contributed by atoms with Crippen LogP contribution in [-0.2, 0) is 6.42 Å². The summed E-state index contributed by atoms with van der Waals surface area (Å²) in [7, 11) is 0. The molecule has 0 N–H and O–H groups in total. The van der Waals surface area contributed by atoms with Crippen molar-refractivity contribution in [2.45, 2.75) is 6.42 Å². The van der Waals surface area contributed by atoms with E-state index in [0.717, 1.165) is 23.4 Å². The first-order valence-electron chi connectivity index (χ1n) is 15.8. The molecule has 0 amide bonds. The minimum absolute atomic E-state index is 0.797. The van der Waals surface area contributed by atoms with Crippen molar-refractivity contribution in [1.82, 2.24) is 9.55 Å². The zero-order valence-corrected chi connectivity index (χ0v) is 25.3. The van der Waals surface area contributed by atoms with E-state index in [-0.39, 0.29) is 0 Å². The van der Waals surface area contributed by atoms with Gasteiger partial charge in [-0.1, -0.05) is 115 Å². The highest BCUT2D eigenvalue weighted by Crippen LogP contribution is 2.42. The molecule has 1 aliphatic rings. The summed E-state index contributed by atoms with van der Waals surface area (Å²) in [5.41, 5.74) is 15.4. The molecular formula is C44H30N2. The van der Waals surface area contributed by atoms with Gasteiger partial charge in [-0.2, -0.15) is 0 Å². The van der Waals surface area contributed by atoms with Crippen LogP contribution in [0.25, 0.3) is 72.7 Å². The number of hydrogen-bond acceptors (Lipinski definition) is 1. The van der Waals surface area contributed by atoms with Crippen LogP contribution in [0.4, 0.5) is 0 Å². The number of allylic oxidation sites excluding steroid dienone is 1. The van der Waals surface area contributed by atoms with E-state index in [1.807, 2.05) is 0 Å². The number of para-hydroxylation sites is 2. The lowest BCUT2D eigenvalue weighted by Gasteiger charge is -2.13. The SMILES string of the molecule is C1=C(c2cccc(-c3cccc(-c4ccccc4)c3)n2)Cc2cc3c4ccccc4n(-c4ccccc4)c3cc2-c2ccccc21. The maximum atomic E-state index is 5.27. The van der Waals surface area contributed by atoms with Crippen LogP contribution in [0.3, 0.4) is 0 Å². The highest BCUT2D eigenvalue weighted by Gasteiger charge is 2.21. The molecule has 0 radical (unpaired) electrons. The number of benzene rings is 6. The fourth-order valence-electron chi connectivity index (χ4n) is 7.05. The van der Waals surface area contributed by atoms with Gasteiger partial charge in [-0.05, 0) is 93.6 Å². The second kappa shape index (κ2) is 10.9. The first-order valence-corrected chi connectivity index (χ1v) is 15.8. The summed E-state index contributed by atoms with van der Waals surface area (Å²) < 4.78 is 2.40. The minimum atomic E-state index is 0.797. The number of fused-ring (bicyclic) bond motifs is 6. The molecular weight excluding hydrogens is 556 g/mol. The van der Waals surface area contributed by atoms with Gasteiger partial charge in [0.2, 0.25) is 0 Å². The lowest BCUT2D eigenvalue weighted by molar-refractivity contribution is 1.18. The molecule has 2 aromatic heterocycles. The summed E-state index contributed by atoms with van der Waals surface area (Å²) in [4.78, 5) is 5.27. The molecule has 2 nitrogen and oxygen atoms in total. The molecule has 2 heterocycles. The Morgan fingerprint density at radius 2 is 1.15 bits per heavy atom. The molecule has 1 aliphatic carbocycles. The van der Waals surface area contributed by atoms with E-state index in [0.29, 0.717) is 0 Å². The third-order valence-electron chi connectivity index (χ3n) is 9.22. The lowest BCUT2D eigenvalue weighted by atomic mass is 9.93. The molecule has 9 rings (SSSR count). The van der Waals surface area contributed by atoms with Crippen molar-refractivity contribution in [3.8, 4) is 39.2 Å². The van der Waals surface area contributed by atoms with E-state index in [1.165, 1.54) is 66.4 Å². The maximum absolute atomic E-state index is 5.27. The molecule has 0 saturated carbocycles. The van der Waals surface area contributed by atoms with Crippen molar-refractivity contribution in [2.75, 3.05) is 0 Å². The summed E-state index contributed by atoms with van der Waals surface area (Å²) in [6.45, 7) is 0. The lowest BCUT2D eigenvalue weighted by Crippen LogP contribution is -1.97. The monoisotopic (exact) mass is 586 g/mol. The summed E-state index contributed by atoms with van der Waals surface area (Å²) in [5.74, 6) is 0. The summed E-state index contributed by atoms with van der Waals surface area (Å²) in [6.07, 6.45) is 3.14. The predicted molar refractivity (Wildman–Crippen MR) is 193 cm³/mol. The van der Waals surface area contributed by atoms with E-state index < -0.39 is 0 Å². The molecule has 8 aromatic rings. The van der Waals surface area contributed by atoms with Gasteiger partial charge in [-0.3, -0.25) is 0 Å². The van der Waals surface area contributed by atoms with Gasteiger partial charge in [0.05, 0.1) is 22.4 Å². The number of pyridine rings is 1. The van der Waals surface area contributed by atoms with Crippen molar-refractivity contribution in [2.24, 2.45) is 0 Å². The van der Waals surface area contributed by atoms with Gasteiger partial charge >= 0.3 is 0 Å². The average molecular weight is 587 g/mol. The number of nitrogens with zero attached hydrogens (tertiary/aromatic N) is 2. The normalized spacial score (nSPS) is 12.4. The summed E-state index contributed by atoms with van der Waals surface area (Å²) in [5, 5.41) is 2.54. The van der Waals surface area contributed by atoms with Gasteiger partial charge in [0.15, 0.2) is 0 Å². The standard InChI is InChI=1S/C44H30N2/c1-3-13-30(14-4-1)31-16-11-17-33(25-31)41-22-12-23-42(45-41)35-26-32-15-7-8-20-37(32)39-29-44-40(28-34(39)27-35)38-21-9-10-24-43(38)46(44)36-18-5-2-6-19-36/h1-26,28-29H,27H2. The number of aromatic nitrogens is 2. The first kappa shape index (κ1) is 26.4. The highest BCUT2D eigenvalue weighted by atomic mass is 15.0. The van der Waals surface area contributed by atoms with Crippen molar-refractivity contribution < 1.29 is 0 Å². The van der Waals surface area contributed by atoms with Crippen molar-refractivity contribution >= 4 is 33.5 Å². The Balaban J connectivity index is 1.20. The van der Waals surface area contributed by atoms with E-state index in [1.54, 1.807) is 0 Å². The van der Waals surface area contributed by atoms with Crippen LogP contribution in [0.1, 0.15) is 16.8 Å². The maximum Gasteiger partial charge on any atom is 0.0709 e. The molecule has 0 fully saturated rings. The summed E-state index contributed by atoms with van der Waals surface area (Å²) in [6, 6.07) is 58.7. The predicted octanol–water partition coefficient (Wildman–Crippen LogP) is 11.3. The van der Waals surface area contributed by atoms with Gasteiger partial charge in [-0.15, -0.1) is 0 Å². The van der Waals surface area contributed by atoms with Gasteiger partial charge in [0.1, 0.15) is 0 Å².